The van der Waals surface area contributed by atoms with Crippen molar-refractivity contribution in [3.63, 3.8) is 0 Å². The summed E-state index contributed by atoms with van der Waals surface area (Å²) in [5.41, 5.74) is 13.4. The molecule has 2 heterocycles. The third-order valence-corrected chi connectivity index (χ3v) is 13.3. The molecule has 0 atom stereocenters. The Morgan fingerprint density at radius 1 is 0.239 bits per heavy atom. The van der Waals surface area contributed by atoms with Crippen LogP contribution in [0.2, 0.25) is 0 Å². The Labute approximate surface area is 387 Å². The number of nitrogens with zero attached hydrogens (tertiary/aromatic N) is 4. The van der Waals surface area contributed by atoms with Gasteiger partial charge in [-0.2, -0.15) is 0 Å². The first kappa shape index (κ1) is 38.5. The van der Waals surface area contributed by atoms with E-state index in [1.807, 2.05) is 60.7 Å². The van der Waals surface area contributed by atoms with Gasteiger partial charge in [0.1, 0.15) is 0 Å². The highest BCUT2D eigenvalue weighted by molar-refractivity contribution is 6.29. The molecule has 11 aromatic carbocycles. The van der Waals surface area contributed by atoms with E-state index in [1.54, 1.807) is 0 Å². The second-order valence-electron chi connectivity index (χ2n) is 17.1. The summed E-state index contributed by atoms with van der Waals surface area (Å²) in [5.74, 6) is 1.94. The minimum absolute atomic E-state index is 0.641. The number of aromatic nitrogens is 4. The Morgan fingerprint density at radius 2 is 0.657 bits per heavy atom. The lowest BCUT2D eigenvalue weighted by Crippen LogP contribution is -2.00. The van der Waals surface area contributed by atoms with E-state index < -0.39 is 0 Å². The van der Waals surface area contributed by atoms with Gasteiger partial charge in [0, 0.05) is 33.2 Å². The van der Waals surface area contributed by atoms with Crippen LogP contribution < -0.4 is 0 Å². The number of rotatable bonds is 7. The normalized spacial score (nSPS) is 11.6. The van der Waals surface area contributed by atoms with E-state index in [2.05, 4.69) is 187 Å². The minimum Gasteiger partial charge on any atom is -0.309 e. The lowest BCUT2D eigenvalue weighted by molar-refractivity contribution is 1.07. The van der Waals surface area contributed by atoms with Crippen LogP contribution in [0, 0.1) is 0 Å². The molecule has 312 valence electrons. The van der Waals surface area contributed by atoms with Gasteiger partial charge in [0.15, 0.2) is 17.5 Å². The van der Waals surface area contributed by atoms with Crippen molar-refractivity contribution < 1.29 is 0 Å². The van der Waals surface area contributed by atoms with Crippen molar-refractivity contribution >= 4 is 54.1 Å². The Morgan fingerprint density at radius 3 is 1.31 bits per heavy atom. The zero-order valence-corrected chi connectivity index (χ0v) is 36.4. The highest BCUT2D eigenvalue weighted by Crippen LogP contribution is 2.43. The third-order valence-electron chi connectivity index (χ3n) is 13.3. The van der Waals surface area contributed by atoms with Crippen LogP contribution in [0.5, 0.6) is 0 Å². The summed E-state index contributed by atoms with van der Waals surface area (Å²) in [6.45, 7) is 0. The molecule has 0 aliphatic heterocycles. The fourth-order valence-electron chi connectivity index (χ4n) is 10.0. The second kappa shape index (κ2) is 15.9. The monoisotopic (exact) mass is 852 g/mol. The maximum Gasteiger partial charge on any atom is 0.164 e. The first-order chi connectivity index (χ1) is 33.2. The zero-order valence-electron chi connectivity index (χ0n) is 36.4. The minimum atomic E-state index is 0.641. The largest absolute Gasteiger partial charge is 0.309 e. The van der Waals surface area contributed by atoms with E-state index in [0.717, 1.165) is 33.5 Å². The Balaban J connectivity index is 0.932. The molecule has 0 radical (unpaired) electrons. The van der Waals surface area contributed by atoms with Crippen LogP contribution in [0.3, 0.4) is 0 Å². The van der Waals surface area contributed by atoms with E-state index in [0.29, 0.717) is 17.5 Å². The maximum atomic E-state index is 4.98. The van der Waals surface area contributed by atoms with Gasteiger partial charge in [-0.3, -0.25) is 0 Å². The third kappa shape index (κ3) is 6.65. The van der Waals surface area contributed by atoms with Crippen molar-refractivity contribution in [1.29, 1.82) is 0 Å². The van der Waals surface area contributed by atoms with Crippen LogP contribution in [0.25, 0.3) is 127 Å². The van der Waals surface area contributed by atoms with Crippen molar-refractivity contribution in [2.45, 2.75) is 0 Å². The molecule has 2 aromatic heterocycles. The second-order valence-corrected chi connectivity index (χ2v) is 17.1. The van der Waals surface area contributed by atoms with Crippen molar-refractivity contribution in [2.75, 3.05) is 0 Å². The molecule has 0 N–H and O–H groups in total. The fraction of sp³-hybridized carbons (Fsp3) is 0. The summed E-state index contributed by atoms with van der Waals surface area (Å²) in [5, 5.41) is 9.92. The van der Waals surface area contributed by atoms with E-state index in [-0.39, 0.29) is 0 Å². The highest BCUT2D eigenvalue weighted by Gasteiger charge is 2.18. The predicted octanol–water partition coefficient (Wildman–Crippen LogP) is 16.4. The van der Waals surface area contributed by atoms with E-state index in [1.165, 1.54) is 76.4 Å². The number of benzene rings is 11. The molecule has 0 aliphatic rings. The van der Waals surface area contributed by atoms with Gasteiger partial charge >= 0.3 is 0 Å². The number of hydrogen-bond donors (Lipinski definition) is 0. The summed E-state index contributed by atoms with van der Waals surface area (Å²) in [6.07, 6.45) is 0. The van der Waals surface area contributed by atoms with Crippen LogP contribution in [0.1, 0.15) is 0 Å². The molecule has 0 amide bonds. The fourth-order valence-corrected chi connectivity index (χ4v) is 10.0. The topological polar surface area (TPSA) is 43.6 Å². The molecule has 13 aromatic rings. The van der Waals surface area contributed by atoms with Crippen LogP contribution in [0.15, 0.2) is 243 Å². The SMILES string of the molecule is c1ccc(-c2ccc(-n3c4ccccc4c4ccc(-c5cccc6c7ccccc7c7cc(-c8ccc(-c9nc(-c%10ccccc%10)nc(-c%10ccccc%10)n9)cc8)ccc7c56)cc43)cc2)cc1. The molecule has 0 saturated carbocycles. The first-order valence-electron chi connectivity index (χ1n) is 22.8. The van der Waals surface area contributed by atoms with Gasteiger partial charge in [-0.15, -0.1) is 0 Å². The molecule has 0 spiro atoms. The van der Waals surface area contributed by atoms with Gasteiger partial charge in [-0.1, -0.05) is 212 Å². The lowest BCUT2D eigenvalue weighted by Gasteiger charge is -2.16. The van der Waals surface area contributed by atoms with Gasteiger partial charge in [-0.25, -0.2) is 15.0 Å². The highest BCUT2D eigenvalue weighted by atomic mass is 15.0. The first-order valence-corrected chi connectivity index (χ1v) is 22.8. The van der Waals surface area contributed by atoms with Crippen LogP contribution in [-0.4, -0.2) is 19.5 Å². The molecule has 0 fully saturated rings. The lowest BCUT2D eigenvalue weighted by atomic mass is 9.88. The van der Waals surface area contributed by atoms with Crippen LogP contribution in [0.4, 0.5) is 0 Å². The van der Waals surface area contributed by atoms with E-state index in [4.69, 9.17) is 15.0 Å². The van der Waals surface area contributed by atoms with Gasteiger partial charge in [0.05, 0.1) is 11.0 Å². The molecule has 4 nitrogen and oxygen atoms in total. The maximum absolute atomic E-state index is 4.98. The van der Waals surface area contributed by atoms with Crippen molar-refractivity contribution in [3.05, 3.63) is 243 Å². The zero-order chi connectivity index (χ0) is 44.3. The molecule has 0 aliphatic carbocycles. The average Bonchev–Trinajstić information content (AvgIpc) is 3.75. The summed E-state index contributed by atoms with van der Waals surface area (Å²) in [7, 11) is 0. The predicted molar refractivity (Wildman–Crippen MR) is 279 cm³/mol. The molecular weight excluding hydrogens is 813 g/mol. The number of fused-ring (bicyclic) bond motifs is 9. The molecule has 4 heteroatoms. The Bertz CT molecular complexity index is 3930. The van der Waals surface area contributed by atoms with Gasteiger partial charge < -0.3 is 4.57 Å². The number of para-hydroxylation sites is 1. The summed E-state index contributed by atoms with van der Waals surface area (Å²) in [6, 6.07) is 86.8. The molecule has 0 bridgehead atoms. The summed E-state index contributed by atoms with van der Waals surface area (Å²) in [4.78, 5) is 14.8. The van der Waals surface area contributed by atoms with E-state index >= 15 is 0 Å². The van der Waals surface area contributed by atoms with Crippen LogP contribution in [-0.2, 0) is 0 Å². The van der Waals surface area contributed by atoms with Gasteiger partial charge in [0.25, 0.3) is 0 Å². The summed E-state index contributed by atoms with van der Waals surface area (Å²) >= 11 is 0. The Kier molecular flexibility index (Phi) is 9.14. The molecule has 0 unspecified atom stereocenters. The van der Waals surface area contributed by atoms with Gasteiger partial charge in [-0.05, 0) is 96.0 Å². The molecule has 0 saturated heterocycles. The standard InChI is InChI=1S/C63H40N4/c1-4-15-41(16-5-1)42-31-35-49(36-32-42)67-58-26-13-12-23-53(58)54-37-34-48(40-59(54)67)50-24-14-25-55-51-21-10-11-22-52(51)57-39-47(33-38-56(57)60(50)55)43-27-29-46(30-28-43)63-65-61(44-17-6-2-7-18-44)64-62(66-63)45-19-8-3-9-20-45/h1-40H. The summed E-state index contributed by atoms with van der Waals surface area (Å²) < 4.78 is 2.42. The molecule has 13 rings (SSSR count). The van der Waals surface area contributed by atoms with Crippen molar-refractivity contribution in [3.8, 4) is 73.2 Å². The Hall–Kier alpha value is -8.99. The average molecular weight is 853 g/mol. The molecule has 67 heavy (non-hydrogen) atoms. The van der Waals surface area contributed by atoms with E-state index in [9.17, 15) is 0 Å². The van der Waals surface area contributed by atoms with Gasteiger partial charge in [0.2, 0.25) is 0 Å². The quantitative estimate of drug-likeness (QED) is 0.150. The smallest absolute Gasteiger partial charge is 0.164 e. The number of hydrogen-bond acceptors (Lipinski definition) is 3. The van der Waals surface area contributed by atoms with Crippen LogP contribution >= 0.6 is 0 Å². The van der Waals surface area contributed by atoms with Crippen molar-refractivity contribution in [2.24, 2.45) is 0 Å². The van der Waals surface area contributed by atoms with Crippen molar-refractivity contribution in [1.82, 2.24) is 19.5 Å². The molecular formula is C63H40N4.